The van der Waals surface area contributed by atoms with Crippen molar-refractivity contribution < 1.29 is 13.2 Å². The van der Waals surface area contributed by atoms with Crippen LogP contribution >= 0.6 is 11.6 Å². The first kappa shape index (κ1) is 15.1. The Morgan fingerprint density at radius 3 is 2.53 bits per heavy atom. The number of allylic oxidation sites excluding steroid dienone is 1. The summed E-state index contributed by atoms with van der Waals surface area (Å²) in [6.45, 7) is 0. The molecule has 0 radical (unpaired) electrons. The Kier molecular flexibility index (Phi) is 4.27. The molecule has 0 fully saturated rings. The lowest BCUT2D eigenvalue weighted by Crippen LogP contribution is -2.23. The predicted molar refractivity (Wildman–Crippen MR) is 64.3 cm³/mol. The average molecular weight is 292 g/mol. The molecule has 0 saturated carbocycles. The Morgan fingerprint density at radius 2 is 2.11 bits per heavy atom. The van der Waals surface area contributed by atoms with Crippen molar-refractivity contribution in [2.24, 2.45) is 0 Å². The highest BCUT2D eigenvalue weighted by Gasteiger charge is 2.32. The van der Waals surface area contributed by atoms with Gasteiger partial charge >= 0.3 is 6.18 Å². The monoisotopic (exact) mass is 291 g/mol. The number of rotatable bonds is 2. The molecule has 0 aliphatic rings. The minimum atomic E-state index is -4.65. The summed E-state index contributed by atoms with van der Waals surface area (Å²) >= 11 is 5.48. The van der Waals surface area contributed by atoms with Gasteiger partial charge in [-0.1, -0.05) is 11.6 Å². The van der Waals surface area contributed by atoms with Crippen LogP contribution in [0.15, 0.2) is 23.3 Å². The van der Waals surface area contributed by atoms with E-state index in [9.17, 15) is 18.0 Å². The van der Waals surface area contributed by atoms with Gasteiger partial charge in [-0.05, 0) is 6.07 Å². The minimum Gasteiger partial charge on any atom is -0.381 e. The van der Waals surface area contributed by atoms with E-state index in [1.165, 1.54) is 11.1 Å². The van der Waals surface area contributed by atoms with Crippen LogP contribution in [0.25, 0.3) is 5.70 Å². The molecule has 8 heteroatoms. The van der Waals surface area contributed by atoms with Crippen LogP contribution in [0.4, 0.5) is 13.2 Å². The second kappa shape index (κ2) is 5.36. The van der Waals surface area contributed by atoms with E-state index in [1.807, 2.05) is 0 Å². The molecule has 0 atom stereocenters. The summed E-state index contributed by atoms with van der Waals surface area (Å²) in [7, 11) is 3.13. The van der Waals surface area contributed by atoms with E-state index in [1.54, 1.807) is 20.2 Å². The maximum Gasteiger partial charge on any atom is 0.417 e. The summed E-state index contributed by atoms with van der Waals surface area (Å²) in [4.78, 5) is 13.1. The highest BCUT2D eigenvalue weighted by Crippen LogP contribution is 2.30. The van der Waals surface area contributed by atoms with Gasteiger partial charge in [0.15, 0.2) is 0 Å². The Hall–Kier alpha value is -1.94. The lowest BCUT2D eigenvalue weighted by atomic mass is 10.2. The zero-order valence-corrected chi connectivity index (χ0v) is 10.7. The van der Waals surface area contributed by atoms with Crippen molar-refractivity contribution in [1.29, 1.82) is 5.26 Å². The number of hydrogen-bond acceptors (Lipinski definition) is 3. The zero-order valence-electron chi connectivity index (χ0n) is 9.99. The number of nitrogens with zero attached hydrogens (tertiary/aromatic N) is 3. The molecule has 0 aromatic carbocycles. The normalized spacial score (nSPS) is 12.2. The van der Waals surface area contributed by atoms with Gasteiger partial charge in [-0.25, -0.2) is 0 Å². The number of nitriles is 1. The molecule has 0 saturated heterocycles. The van der Waals surface area contributed by atoms with Gasteiger partial charge in [0.2, 0.25) is 0 Å². The summed E-state index contributed by atoms with van der Waals surface area (Å²) in [6.07, 6.45) is -2.89. The topological polar surface area (TPSA) is 49.0 Å². The molecule has 1 rings (SSSR count). The number of hydrogen-bond donors (Lipinski definition) is 0. The van der Waals surface area contributed by atoms with Crippen LogP contribution in [0.3, 0.4) is 0 Å². The molecule has 0 N–H and O–H groups in total. The summed E-state index contributed by atoms with van der Waals surface area (Å²) in [6, 6.07) is 2.19. The minimum absolute atomic E-state index is 0.261. The number of halogens is 4. The van der Waals surface area contributed by atoms with Crippen molar-refractivity contribution in [2.45, 2.75) is 6.18 Å². The third kappa shape index (κ3) is 3.51. The summed E-state index contributed by atoms with van der Waals surface area (Å²) in [5.41, 5.74) is -2.25. The van der Waals surface area contributed by atoms with Crippen molar-refractivity contribution in [3.05, 3.63) is 39.4 Å². The molecule has 19 heavy (non-hydrogen) atoms. The first-order valence-electron chi connectivity index (χ1n) is 4.95. The molecule has 0 bridgehead atoms. The van der Waals surface area contributed by atoms with Gasteiger partial charge in [0.1, 0.15) is 16.8 Å². The molecule has 0 aliphatic heterocycles. The van der Waals surface area contributed by atoms with E-state index in [0.29, 0.717) is 16.8 Å². The highest BCUT2D eigenvalue weighted by molar-refractivity contribution is 6.30. The van der Waals surface area contributed by atoms with Crippen molar-refractivity contribution in [2.75, 3.05) is 14.1 Å². The maximum atomic E-state index is 12.6. The maximum absolute atomic E-state index is 12.6. The summed E-state index contributed by atoms with van der Waals surface area (Å²) in [5.74, 6) is 0. The fraction of sp³-hybridized carbons (Fsp3) is 0.273. The van der Waals surface area contributed by atoms with Crippen LogP contribution in [-0.4, -0.2) is 23.6 Å². The van der Waals surface area contributed by atoms with E-state index in [2.05, 4.69) is 0 Å². The molecule has 0 amide bonds. The molecular weight excluding hydrogens is 283 g/mol. The van der Waals surface area contributed by atoms with E-state index in [-0.39, 0.29) is 5.70 Å². The smallest absolute Gasteiger partial charge is 0.381 e. The molecule has 0 aliphatic carbocycles. The van der Waals surface area contributed by atoms with Crippen LogP contribution in [-0.2, 0) is 6.18 Å². The Bertz CT molecular complexity index is 611. The van der Waals surface area contributed by atoms with Gasteiger partial charge in [-0.2, -0.15) is 18.4 Å². The van der Waals surface area contributed by atoms with Crippen molar-refractivity contribution in [1.82, 2.24) is 9.47 Å². The molecule has 4 nitrogen and oxygen atoms in total. The molecule has 102 valence electrons. The predicted octanol–water partition coefficient (Wildman–Crippen LogP) is 2.40. The molecule has 0 unspecified atom stereocenters. The molecule has 1 heterocycles. The summed E-state index contributed by atoms with van der Waals surface area (Å²) < 4.78 is 38.4. The average Bonchev–Trinajstić information content (AvgIpc) is 2.28. The second-order valence-corrected chi connectivity index (χ2v) is 4.25. The van der Waals surface area contributed by atoms with Gasteiger partial charge in [-0.3, -0.25) is 9.36 Å². The van der Waals surface area contributed by atoms with Crippen molar-refractivity contribution >= 4 is 17.3 Å². The van der Waals surface area contributed by atoms with E-state index < -0.39 is 22.3 Å². The van der Waals surface area contributed by atoms with Crippen LogP contribution in [0.2, 0.25) is 5.02 Å². The van der Waals surface area contributed by atoms with Crippen LogP contribution in [0.1, 0.15) is 5.56 Å². The third-order valence-corrected chi connectivity index (χ3v) is 2.33. The Morgan fingerprint density at radius 1 is 1.53 bits per heavy atom. The Labute approximate surface area is 111 Å². The lowest BCUT2D eigenvalue weighted by molar-refractivity contribution is -0.137. The quantitative estimate of drug-likeness (QED) is 0.786. The highest BCUT2D eigenvalue weighted by atomic mass is 35.5. The standard InChI is InChI=1S/C11H9ClF3N3O/c1-17(2)6-8(4-16)18-5-7(11(13,14)15)3-9(12)10(18)19/h3,5-6H,1-2H3/b8-6+. The SMILES string of the molecule is CN(C)/C=C(\C#N)n1cc(C(F)(F)F)cc(Cl)c1=O. The van der Waals surface area contributed by atoms with Gasteiger partial charge in [0, 0.05) is 26.5 Å². The zero-order chi connectivity index (χ0) is 14.8. The number of aromatic nitrogens is 1. The van der Waals surface area contributed by atoms with E-state index in [4.69, 9.17) is 16.9 Å². The lowest BCUT2D eigenvalue weighted by Gasteiger charge is -2.12. The number of pyridine rings is 1. The van der Waals surface area contributed by atoms with Crippen molar-refractivity contribution in [3.8, 4) is 6.07 Å². The Balaban J connectivity index is 3.57. The fourth-order valence-corrected chi connectivity index (χ4v) is 1.48. The fourth-order valence-electron chi connectivity index (χ4n) is 1.27. The second-order valence-electron chi connectivity index (χ2n) is 3.84. The molecule has 1 aromatic rings. The largest absolute Gasteiger partial charge is 0.417 e. The summed E-state index contributed by atoms with van der Waals surface area (Å²) in [5, 5.41) is 8.31. The van der Waals surface area contributed by atoms with Gasteiger partial charge in [0.05, 0.1) is 5.56 Å². The van der Waals surface area contributed by atoms with Crippen LogP contribution < -0.4 is 5.56 Å². The van der Waals surface area contributed by atoms with Crippen LogP contribution in [0.5, 0.6) is 0 Å². The molecular formula is C11H9ClF3N3O. The van der Waals surface area contributed by atoms with E-state index in [0.717, 1.165) is 0 Å². The number of alkyl halides is 3. The van der Waals surface area contributed by atoms with Gasteiger partial charge in [-0.15, -0.1) is 0 Å². The first-order valence-corrected chi connectivity index (χ1v) is 5.32. The van der Waals surface area contributed by atoms with Gasteiger partial charge in [0.25, 0.3) is 5.56 Å². The molecule has 1 aromatic heterocycles. The van der Waals surface area contributed by atoms with E-state index >= 15 is 0 Å². The third-order valence-electron chi connectivity index (χ3n) is 2.06. The first-order chi connectivity index (χ1) is 8.66. The van der Waals surface area contributed by atoms with Crippen molar-refractivity contribution in [3.63, 3.8) is 0 Å². The van der Waals surface area contributed by atoms with Crippen LogP contribution in [0, 0.1) is 11.3 Å². The molecule has 0 spiro atoms. The van der Waals surface area contributed by atoms with Gasteiger partial charge < -0.3 is 4.90 Å².